The quantitative estimate of drug-likeness (QED) is 0.138. The van der Waals surface area contributed by atoms with E-state index in [1.54, 1.807) is 0 Å². The maximum Gasteiger partial charge on any atom is 0.328 e. The molecule has 0 aromatic heterocycles. The lowest BCUT2D eigenvalue weighted by molar-refractivity contribution is -0.154. The molecule has 0 bridgehead atoms. The third kappa shape index (κ3) is 18.3. The Morgan fingerprint density at radius 2 is 1.26 bits per heavy atom. The molecule has 1 aliphatic heterocycles. The molecule has 0 aromatic carbocycles. The van der Waals surface area contributed by atoms with E-state index in [2.05, 4.69) is 12.2 Å². The Morgan fingerprint density at radius 1 is 0.800 bits per heavy atom. The summed E-state index contributed by atoms with van der Waals surface area (Å²) in [5.74, 6) is -1.07. The minimum Gasteiger partial charge on any atom is -0.463 e. The molecule has 35 heavy (non-hydrogen) atoms. The fraction of sp³-hybridized carbons (Fsp3) is 0.893. The summed E-state index contributed by atoms with van der Waals surface area (Å²) in [7, 11) is 0. The molecule has 2 unspecified atom stereocenters. The lowest BCUT2D eigenvalue weighted by Gasteiger charge is -2.14. The molecular formula is C28H51NO6. The molecule has 0 spiro atoms. The third-order valence-corrected chi connectivity index (χ3v) is 6.62. The Hall–Kier alpha value is -1.63. The fourth-order valence-electron chi connectivity index (χ4n) is 4.37. The molecule has 0 saturated carbocycles. The molecule has 7 heteroatoms. The summed E-state index contributed by atoms with van der Waals surface area (Å²) in [6, 6.07) is -0.642. The van der Waals surface area contributed by atoms with Crippen LogP contribution < -0.4 is 5.32 Å². The minimum absolute atomic E-state index is 0.175. The Balaban J connectivity index is 1.81. The van der Waals surface area contributed by atoms with Gasteiger partial charge in [-0.05, 0) is 12.8 Å². The number of ether oxygens (including phenoxy) is 2. The average Bonchev–Trinajstić information content (AvgIpc) is 3.29. The summed E-state index contributed by atoms with van der Waals surface area (Å²) < 4.78 is 10.0. The number of amides is 1. The van der Waals surface area contributed by atoms with Gasteiger partial charge in [0.15, 0.2) is 0 Å². The van der Waals surface area contributed by atoms with Crippen LogP contribution in [0.15, 0.2) is 0 Å². The SMILES string of the molecule is CCCCCCCCCCCCCCCCCCCC(=O)OCC(O)COC(=O)C1CCC(=O)N1. The van der Waals surface area contributed by atoms with Gasteiger partial charge in [-0.25, -0.2) is 4.79 Å². The van der Waals surface area contributed by atoms with Crippen molar-refractivity contribution >= 4 is 17.8 Å². The Morgan fingerprint density at radius 3 is 1.71 bits per heavy atom. The molecule has 0 aliphatic carbocycles. The van der Waals surface area contributed by atoms with Crippen LogP contribution in [0.2, 0.25) is 0 Å². The first kappa shape index (κ1) is 31.4. The maximum atomic E-state index is 11.8. The number of carbonyl (C=O) groups excluding carboxylic acids is 3. The predicted octanol–water partition coefficient (Wildman–Crippen LogP) is 5.75. The number of unbranched alkanes of at least 4 members (excludes halogenated alkanes) is 16. The molecule has 204 valence electrons. The lowest BCUT2D eigenvalue weighted by Crippen LogP contribution is -2.36. The topological polar surface area (TPSA) is 102 Å². The van der Waals surface area contributed by atoms with Crippen LogP contribution in [0.25, 0.3) is 0 Å². The highest BCUT2D eigenvalue weighted by molar-refractivity contribution is 5.88. The lowest BCUT2D eigenvalue weighted by atomic mass is 10.0. The van der Waals surface area contributed by atoms with E-state index in [1.807, 2.05) is 0 Å². The highest BCUT2D eigenvalue weighted by Crippen LogP contribution is 2.14. The number of esters is 2. The van der Waals surface area contributed by atoms with Crippen LogP contribution in [0, 0.1) is 0 Å². The first-order valence-corrected chi connectivity index (χ1v) is 14.3. The van der Waals surface area contributed by atoms with Gasteiger partial charge in [0.05, 0.1) is 0 Å². The van der Waals surface area contributed by atoms with Crippen LogP contribution >= 0.6 is 0 Å². The summed E-state index contributed by atoms with van der Waals surface area (Å²) in [6.45, 7) is 1.82. The summed E-state index contributed by atoms with van der Waals surface area (Å²) in [5.41, 5.74) is 0. The zero-order chi connectivity index (χ0) is 25.6. The summed E-state index contributed by atoms with van der Waals surface area (Å²) in [6.07, 6.45) is 22.0. The zero-order valence-corrected chi connectivity index (χ0v) is 22.2. The van der Waals surface area contributed by atoms with E-state index in [-0.39, 0.29) is 25.1 Å². The second kappa shape index (κ2) is 21.6. The molecular weight excluding hydrogens is 446 g/mol. The predicted molar refractivity (Wildman–Crippen MR) is 138 cm³/mol. The van der Waals surface area contributed by atoms with Gasteiger partial charge in [-0.3, -0.25) is 9.59 Å². The molecule has 7 nitrogen and oxygen atoms in total. The Labute approximate surface area is 213 Å². The van der Waals surface area contributed by atoms with Crippen molar-refractivity contribution in [2.75, 3.05) is 13.2 Å². The van der Waals surface area contributed by atoms with Crippen molar-refractivity contribution in [3.8, 4) is 0 Å². The van der Waals surface area contributed by atoms with Gasteiger partial charge >= 0.3 is 11.9 Å². The fourth-order valence-corrected chi connectivity index (χ4v) is 4.37. The summed E-state index contributed by atoms with van der Waals surface area (Å²) in [5, 5.41) is 12.3. The average molecular weight is 498 g/mol. The second-order valence-corrected chi connectivity index (χ2v) is 10.0. The smallest absolute Gasteiger partial charge is 0.328 e. The van der Waals surface area contributed by atoms with Gasteiger partial charge in [-0.1, -0.05) is 110 Å². The van der Waals surface area contributed by atoms with Crippen molar-refractivity contribution in [1.82, 2.24) is 5.32 Å². The van der Waals surface area contributed by atoms with Crippen molar-refractivity contribution < 1.29 is 29.0 Å². The molecule has 2 atom stereocenters. The largest absolute Gasteiger partial charge is 0.463 e. The number of carbonyl (C=O) groups is 3. The monoisotopic (exact) mass is 497 g/mol. The number of hydrogen-bond donors (Lipinski definition) is 2. The molecule has 2 N–H and O–H groups in total. The molecule has 0 aromatic rings. The van der Waals surface area contributed by atoms with Crippen LogP contribution in [0.3, 0.4) is 0 Å². The van der Waals surface area contributed by atoms with Gasteiger partial charge in [0, 0.05) is 12.8 Å². The van der Waals surface area contributed by atoms with Crippen molar-refractivity contribution in [2.24, 2.45) is 0 Å². The summed E-state index contributed by atoms with van der Waals surface area (Å²) in [4.78, 5) is 34.7. The van der Waals surface area contributed by atoms with Crippen LogP contribution in [-0.2, 0) is 23.9 Å². The number of hydrogen-bond acceptors (Lipinski definition) is 6. The molecule has 1 amide bonds. The van der Waals surface area contributed by atoms with E-state index < -0.39 is 18.1 Å². The normalized spacial score (nSPS) is 16.2. The first-order chi connectivity index (χ1) is 17.0. The zero-order valence-electron chi connectivity index (χ0n) is 22.2. The van der Waals surface area contributed by atoms with E-state index in [4.69, 9.17) is 9.47 Å². The molecule has 0 radical (unpaired) electrons. The number of aliphatic hydroxyl groups is 1. The van der Waals surface area contributed by atoms with Crippen molar-refractivity contribution in [1.29, 1.82) is 0 Å². The standard InChI is InChI=1S/C28H51NO6/c1-2-3-4-5-6-7-8-9-10-11-12-13-14-15-16-17-18-19-27(32)34-22-24(30)23-35-28(33)25-20-21-26(31)29-25/h24-25,30H,2-23H2,1H3,(H,29,31). The van der Waals surface area contributed by atoms with Crippen molar-refractivity contribution in [3.05, 3.63) is 0 Å². The third-order valence-electron chi connectivity index (χ3n) is 6.62. The van der Waals surface area contributed by atoms with Gasteiger partial charge in [0.25, 0.3) is 0 Å². The van der Waals surface area contributed by atoms with Crippen molar-refractivity contribution in [2.45, 2.75) is 147 Å². The Kier molecular flexibility index (Phi) is 19.4. The molecule has 1 fully saturated rings. The van der Waals surface area contributed by atoms with Crippen LogP contribution in [0.5, 0.6) is 0 Å². The van der Waals surface area contributed by atoms with Crippen molar-refractivity contribution in [3.63, 3.8) is 0 Å². The van der Waals surface area contributed by atoms with Gasteiger partial charge in [-0.2, -0.15) is 0 Å². The van der Waals surface area contributed by atoms with E-state index in [9.17, 15) is 19.5 Å². The van der Waals surface area contributed by atoms with Gasteiger partial charge in [0.1, 0.15) is 25.4 Å². The number of aliphatic hydroxyl groups excluding tert-OH is 1. The van der Waals surface area contributed by atoms with Crippen LogP contribution in [0.1, 0.15) is 135 Å². The number of nitrogens with one attached hydrogen (secondary N) is 1. The van der Waals surface area contributed by atoms with E-state index in [0.717, 1.165) is 19.3 Å². The van der Waals surface area contributed by atoms with Gasteiger partial charge in [-0.15, -0.1) is 0 Å². The molecule has 1 heterocycles. The Bertz CT molecular complexity index is 568. The molecule has 1 rings (SSSR count). The van der Waals surface area contributed by atoms with E-state index in [1.165, 1.54) is 89.9 Å². The second-order valence-electron chi connectivity index (χ2n) is 10.0. The first-order valence-electron chi connectivity index (χ1n) is 14.3. The highest BCUT2D eigenvalue weighted by Gasteiger charge is 2.28. The van der Waals surface area contributed by atoms with E-state index >= 15 is 0 Å². The van der Waals surface area contributed by atoms with Crippen LogP contribution in [0.4, 0.5) is 0 Å². The molecule has 1 aliphatic rings. The highest BCUT2D eigenvalue weighted by atomic mass is 16.6. The maximum absolute atomic E-state index is 11.8. The van der Waals surface area contributed by atoms with E-state index in [0.29, 0.717) is 19.3 Å². The number of rotatable bonds is 23. The minimum atomic E-state index is -1.06. The van der Waals surface area contributed by atoms with Crippen LogP contribution in [-0.4, -0.2) is 48.3 Å². The molecule has 1 saturated heterocycles. The van der Waals surface area contributed by atoms with Gasteiger partial charge < -0.3 is 19.9 Å². The summed E-state index contributed by atoms with van der Waals surface area (Å²) >= 11 is 0. The van der Waals surface area contributed by atoms with Gasteiger partial charge in [0.2, 0.25) is 5.91 Å².